The Bertz CT molecular complexity index is 722. The molecule has 0 N–H and O–H groups in total. The number of benzene rings is 2. The lowest BCUT2D eigenvalue weighted by molar-refractivity contribution is 0.281. The van der Waals surface area contributed by atoms with E-state index in [1.807, 2.05) is 24.3 Å². The van der Waals surface area contributed by atoms with Gasteiger partial charge in [-0.3, -0.25) is 4.90 Å². The van der Waals surface area contributed by atoms with Crippen molar-refractivity contribution in [2.24, 2.45) is 0 Å². The van der Waals surface area contributed by atoms with E-state index in [0.717, 1.165) is 37.2 Å². The molecular weight excluding hydrogens is 311 g/mol. The van der Waals surface area contributed by atoms with Crippen molar-refractivity contribution in [3.8, 4) is 17.2 Å². The smallest absolute Gasteiger partial charge is 0.141 e. The van der Waals surface area contributed by atoms with Crippen LogP contribution < -0.4 is 0 Å². The molecule has 0 saturated carbocycles. The molecule has 0 atom stereocenters. The highest BCUT2D eigenvalue weighted by atomic mass is 35.5. The molecule has 0 aliphatic heterocycles. The van der Waals surface area contributed by atoms with Crippen LogP contribution in [0.15, 0.2) is 36.4 Å². The predicted molar refractivity (Wildman–Crippen MR) is 92.8 cm³/mol. The number of hydrogen-bond acceptors (Lipinski definition) is 2. The van der Waals surface area contributed by atoms with E-state index in [2.05, 4.69) is 18.7 Å². The summed E-state index contributed by atoms with van der Waals surface area (Å²) in [5.74, 6) is -0.521. The van der Waals surface area contributed by atoms with Crippen molar-refractivity contribution in [1.29, 1.82) is 5.26 Å². The summed E-state index contributed by atoms with van der Waals surface area (Å²) >= 11 is 6.56. The van der Waals surface area contributed by atoms with Crippen LogP contribution in [0.25, 0.3) is 11.1 Å². The molecule has 23 heavy (non-hydrogen) atoms. The molecule has 120 valence electrons. The third-order valence-corrected chi connectivity index (χ3v) is 4.31. The summed E-state index contributed by atoms with van der Waals surface area (Å²) in [5, 5.41) is 9.48. The molecule has 0 aromatic heterocycles. The largest absolute Gasteiger partial charge is 0.299 e. The summed E-state index contributed by atoms with van der Waals surface area (Å²) < 4.78 is 13.9. The van der Waals surface area contributed by atoms with Gasteiger partial charge in [0.1, 0.15) is 11.9 Å². The number of rotatable bonds is 6. The molecule has 0 saturated heterocycles. The normalized spacial score (nSPS) is 10.8. The second-order valence-corrected chi connectivity index (χ2v) is 5.83. The van der Waals surface area contributed by atoms with Crippen LogP contribution in [-0.2, 0) is 6.54 Å². The zero-order chi connectivity index (χ0) is 16.8. The van der Waals surface area contributed by atoms with Gasteiger partial charge in [0.2, 0.25) is 0 Å². The topological polar surface area (TPSA) is 27.0 Å². The van der Waals surface area contributed by atoms with Crippen LogP contribution in [0.5, 0.6) is 0 Å². The van der Waals surface area contributed by atoms with Gasteiger partial charge in [0.05, 0.1) is 10.6 Å². The molecular formula is C19H20ClFN2. The van der Waals surface area contributed by atoms with Crippen molar-refractivity contribution in [2.75, 3.05) is 13.1 Å². The Kier molecular flexibility index (Phi) is 6.15. The molecule has 0 aliphatic carbocycles. The van der Waals surface area contributed by atoms with Gasteiger partial charge >= 0.3 is 0 Å². The molecule has 2 rings (SSSR count). The third-order valence-electron chi connectivity index (χ3n) is 3.86. The third kappa shape index (κ3) is 4.10. The monoisotopic (exact) mass is 330 g/mol. The highest BCUT2D eigenvalue weighted by molar-refractivity contribution is 6.34. The van der Waals surface area contributed by atoms with Crippen LogP contribution in [0, 0.1) is 17.1 Å². The summed E-state index contributed by atoms with van der Waals surface area (Å²) in [6.45, 7) is 7.03. The summed E-state index contributed by atoms with van der Waals surface area (Å²) in [4.78, 5) is 2.32. The number of nitrogens with zero attached hydrogens (tertiary/aromatic N) is 2. The first-order chi connectivity index (χ1) is 11.1. The average molecular weight is 331 g/mol. The lowest BCUT2D eigenvalue weighted by atomic mass is 10.0. The number of nitriles is 1. The maximum Gasteiger partial charge on any atom is 0.141 e. The summed E-state index contributed by atoms with van der Waals surface area (Å²) in [5.41, 5.74) is 2.55. The van der Waals surface area contributed by atoms with Gasteiger partial charge in [0.15, 0.2) is 0 Å². The fraction of sp³-hybridized carbons (Fsp3) is 0.316. The van der Waals surface area contributed by atoms with Crippen molar-refractivity contribution < 1.29 is 4.39 Å². The van der Waals surface area contributed by atoms with Gasteiger partial charge in [0, 0.05) is 12.1 Å². The van der Waals surface area contributed by atoms with Crippen molar-refractivity contribution >= 4 is 11.6 Å². The Morgan fingerprint density at radius 2 is 2.00 bits per heavy atom. The highest BCUT2D eigenvalue weighted by Gasteiger charge is 2.12. The van der Waals surface area contributed by atoms with E-state index in [4.69, 9.17) is 16.9 Å². The van der Waals surface area contributed by atoms with Crippen molar-refractivity contribution in [1.82, 2.24) is 4.90 Å². The van der Waals surface area contributed by atoms with Gasteiger partial charge in [0.25, 0.3) is 0 Å². The second kappa shape index (κ2) is 8.10. The van der Waals surface area contributed by atoms with Crippen LogP contribution in [0.3, 0.4) is 0 Å². The standard InChI is InChI=1S/C19H20ClFN2/c1-3-10-23(4-2)13-16-6-5-7-17(19(16)20)14-8-9-15(12-22)18(21)11-14/h5-9,11H,3-4,10,13H2,1-2H3. The zero-order valence-corrected chi connectivity index (χ0v) is 14.2. The van der Waals surface area contributed by atoms with Crippen LogP contribution in [0.1, 0.15) is 31.4 Å². The second-order valence-electron chi connectivity index (χ2n) is 5.45. The summed E-state index contributed by atoms with van der Waals surface area (Å²) in [7, 11) is 0. The first-order valence-electron chi connectivity index (χ1n) is 7.80. The Morgan fingerprint density at radius 3 is 2.61 bits per heavy atom. The predicted octanol–water partition coefficient (Wildman–Crippen LogP) is 5.25. The first-order valence-corrected chi connectivity index (χ1v) is 8.18. The molecule has 0 amide bonds. The zero-order valence-electron chi connectivity index (χ0n) is 13.4. The molecule has 2 nitrogen and oxygen atoms in total. The minimum atomic E-state index is -0.521. The quantitative estimate of drug-likeness (QED) is 0.723. The number of halogens is 2. The van der Waals surface area contributed by atoms with E-state index in [1.165, 1.54) is 12.1 Å². The van der Waals surface area contributed by atoms with Gasteiger partial charge in [-0.05, 0) is 42.8 Å². The van der Waals surface area contributed by atoms with E-state index in [0.29, 0.717) is 10.6 Å². The Labute approximate surface area is 142 Å². The average Bonchev–Trinajstić information content (AvgIpc) is 2.56. The molecule has 2 aromatic carbocycles. The SMILES string of the molecule is CCCN(CC)Cc1cccc(-c2ccc(C#N)c(F)c2)c1Cl. The molecule has 0 aliphatic rings. The van der Waals surface area contributed by atoms with Gasteiger partial charge < -0.3 is 0 Å². The van der Waals surface area contributed by atoms with Crippen LogP contribution in [-0.4, -0.2) is 18.0 Å². The fourth-order valence-electron chi connectivity index (χ4n) is 2.60. The van der Waals surface area contributed by atoms with Gasteiger partial charge in [-0.2, -0.15) is 5.26 Å². The van der Waals surface area contributed by atoms with E-state index in [9.17, 15) is 4.39 Å². The lowest BCUT2D eigenvalue weighted by Gasteiger charge is -2.21. The molecule has 0 fully saturated rings. The molecule has 0 spiro atoms. The molecule has 0 bridgehead atoms. The molecule has 0 radical (unpaired) electrons. The highest BCUT2D eigenvalue weighted by Crippen LogP contribution is 2.32. The molecule has 4 heteroatoms. The Morgan fingerprint density at radius 1 is 1.22 bits per heavy atom. The Balaban J connectivity index is 2.36. The fourth-order valence-corrected chi connectivity index (χ4v) is 2.90. The molecule has 0 heterocycles. The minimum absolute atomic E-state index is 0.0427. The molecule has 0 unspecified atom stereocenters. The lowest BCUT2D eigenvalue weighted by Crippen LogP contribution is -2.23. The Hall–Kier alpha value is -1.89. The van der Waals surface area contributed by atoms with Crippen LogP contribution in [0.4, 0.5) is 4.39 Å². The summed E-state index contributed by atoms with van der Waals surface area (Å²) in [6, 6.07) is 12.2. The van der Waals surface area contributed by atoms with Crippen molar-refractivity contribution in [3.63, 3.8) is 0 Å². The van der Waals surface area contributed by atoms with E-state index < -0.39 is 5.82 Å². The van der Waals surface area contributed by atoms with E-state index in [-0.39, 0.29) is 5.56 Å². The minimum Gasteiger partial charge on any atom is -0.299 e. The maximum atomic E-state index is 13.9. The van der Waals surface area contributed by atoms with E-state index >= 15 is 0 Å². The number of hydrogen-bond donors (Lipinski definition) is 0. The maximum absolute atomic E-state index is 13.9. The van der Waals surface area contributed by atoms with Crippen molar-refractivity contribution in [3.05, 3.63) is 58.4 Å². The van der Waals surface area contributed by atoms with Gasteiger partial charge in [-0.1, -0.05) is 49.7 Å². The van der Waals surface area contributed by atoms with Gasteiger partial charge in [-0.15, -0.1) is 0 Å². The first kappa shape index (κ1) is 17.5. The van der Waals surface area contributed by atoms with Crippen LogP contribution in [0.2, 0.25) is 5.02 Å². The molecule has 2 aromatic rings. The summed E-state index contributed by atoms with van der Waals surface area (Å²) in [6.07, 6.45) is 1.09. The van der Waals surface area contributed by atoms with E-state index in [1.54, 1.807) is 6.07 Å². The van der Waals surface area contributed by atoms with Crippen molar-refractivity contribution in [2.45, 2.75) is 26.8 Å². The van der Waals surface area contributed by atoms with Crippen LogP contribution >= 0.6 is 11.6 Å². The van der Waals surface area contributed by atoms with Gasteiger partial charge in [-0.25, -0.2) is 4.39 Å².